The number of hydrogen-bond acceptors (Lipinski definition) is 0. The smallest absolute Gasteiger partial charge is 0.103 e. The van der Waals surface area contributed by atoms with Gasteiger partial charge in [-0.2, -0.15) is 0 Å². The van der Waals surface area contributed by atoms with E-state index >= 15 is 0 Å². The summed E-state index contributed by atoms with van der Waals surface area (Å²) in [7, 11) is 0. The Labute approximate surface area is 119 Å². The topological polar surface area (TPSA) is 0 Å². The average Bonchev–Trinajstić information content (AvgIpc) is 2.31. The Morgan fingerprint density at radius 3 is 2.35 bits per heavy atom. The molecule has 2 heteroatoms. The summed E-state index contributed by atoms with van der Waals surface area (Å²) in [4.78, 5) is 0. The Hall–Kier alpha value is 0.400. The van der Waals surface area contributed by atoms with E-state index in [9.17, 15) is 4.39 Å². The zero-order valence-corrected chi connectivity index (χ0v) is 12.9. The highest BCUT2D eigenvalue weighted by Gasteiger charge is 2.35. The quantitative estimate of drug-likeness (QED) is 0.576. The third-order valence-corrected chi connectivity index (χ3v) is 5.27. The van der Waals surface area contributed by atoms with Gasteiger partial charge in [-0.3, -0.25) is 0 Å². The second-order valence-corrected chi connectivity index (χ2v) is 6.81. The first-order chi connectivity index (χ1) is 8.20. The summed E-state index contributed by atoms with van der Waals surface area (Å²) in [6.07, 6.45) is 10.1. The summed E-state index contributed by atoms with van der Waals surface area (Å²) in [5.74, 6) is 2.44. The Bertz CT molecular complexity index is 256. The molecule has 3 unspecified atom stereocenters. The zero-order valence-electron chi connectivity index (χ0n) is 10.7. The van der Waals surface area contributed by atoms with Crippen LogP contribution in [-0.2, 0) is 0 Å². The van der Waals surface area contributed by atoms with Gasteiger partial charge >= 0.3 is 0 Å². The summed E-state index contributed by atoms with van der Waals surface area (Å²) >= 11 is 2.30. The van der Waals surface area contributed by atoms with E-state index in [0.717, 1.165) is 18.8 Å². The van der Waals surface area contributed by atoms with Crippen molar-refractivity contribution in [3.05, 3.63) is 10.2 Å². The largest absolute Gasteiger partial charge is 0.247 e. The van der Waals surface area contributed by atoms with Crippen LogP contribution in [-0.4, -0.2) is 6.17 Å². The van der Waals surface area contributed by atoms with Crippen molar-refractivity contribution in [2.24, 2.45) is 23.7 Å². The van der Waals surface area contributed by atoms with Gasteiger partial charge in [0.2, 0.25) is 0 Å². The van der Waals surface area contributed by atoms with Gasteiger partial charge in [-0.05, 0) is 66.3 Å². The monoisotopic (exact) mass is 350 g/mol. The van der Waals surface area contributed by atoms with Gasteiger partial charge in [0.1, 0.15) is 6.17 Å². The van der Waals surface area contributed by atoms with Crippen molar-refractivity contribution in [2.75, 3.05) is 0 Å². The van der Waals surface area contributed by atoms with Gasteiger partial charge < -0.3 is 0 Å². The molecule has 0 radical (unpaired) electrons. The van der Waals surface area contributed by atoms with E-state index in [0.29, 0.717) is 17.8 Å². The minimum absolute atomic E-state index is 0.385. The van der Waals surface area contributed by atoms with Crippen LogP contribution in [0.1, 0.15) is 51.9 Å². The van der Waals surface area contributed by atoms with E-state index in [1.165, 1.54) is 32.1 Å². The fraction of sp³-hybridized carbons (Fsp3) is 0.867. The predicted molar refractivity (Wildman–Crippen MR) is 80.0 cm³/mol. The maximum Gasteiger partial charge on any atom is 0.103 e. The van der Waals surface area contributed by atoms with Crippen LogP contribution in [0, 0.1) is 23.7 Å². The predicted octanol–water partition coefficient (Wildman–Crippen LogP) is 5.52. The van der Waals surface area contributed by atoms with Crippen LogP contribution in [0.2, 0.25) is 0 Å². The van der Waals surface area contributed by atoms with Gasteiger partial charge in [-0.25, -0.2) is 4.39 Å². The molecule has 0 heterocycles. The van der Waals surface area contributed by atoms with Crippen molar-refractivity contribution in [3.63, 3.8) is 0 Å². The number of allylic oxidation sites excluding steroid dienone is 1. The molecule has 98 valence electrons. The molecule has 2 saturated carbocycles. The number of rotatable bonds is 2. The molecular formula is C15H24FI. The maximum absolute atomic E-state index is 14.1. The molecule has 2 rings (SSSR count). The fourth-order valence-corrected chi connectivity index (χ4v) is 4.32. The number of alkyl halides is 1. The van der Waals surface area contributed by atoms with Gasteiger partial charge in [0.15, 0.2) is 0 Å². The molecule has 0 bridgehead atoms. The highest BCUT2D eigenvalue weighted by Crippen LogP contribution is 2.42. The van der Waals surface area contributed by atoms with Crippen LogP contribution in [0.3, 0.4) is 0 Å². The lowest BCUT2D eigenvalue weighted by atomic mass is 9.68. The molecule has 0 amide bonds. The molecule has 0 saturated heterocycles. The van der Waals surface area contributed by atoms with Crippen molar-refractivity contribution in [1.82, 2.24) is 0 Å². The maximum atomic E-state index is 14.1. The minimum Gasteiger partial charge on any atom is -0.247 e. The van der Waals surface area contributed by atoms with Gasteiger partial charge in [0.05, 0.1) is 0 Å². The zero-order chi connectivity index (χ0) is 12.3. The third kappa shape index (κ3) is 3.68. The molecule has 0 N–H and O–H groups in total. The van der Waals surface area contributed by atoms with E-state index in [2.05, 4.69) is 39.7 Å². The average molecular weight is 350 g/mol. The molecule has 2 aliphatic carbocycles. The van der Waals surface area contributed by atoms with E-state index in [-0.39, 0.29) is 0 Å². The molecule has 0 aromatic carbocycles. The molecular weight excluding hydrogens is 326 g/mol. The molecule has 2 fully saturated rings. The van der Waals surface area contributed by atoms with Crippen LogP contribution < -0.4 is 0 Å². The third-order valence-electron chi connectivity index (χ3n) is 4.85. The van der Waals surface area contributed by atoms with Crippen LogP contribution in [0.5, 0.6) is 0 Å². The summed E-state index contributed by atoms with van der Waals surface area (Å²) in [5, 5.41) is 0. The summed E-state index contributed by atoms with van der Waals surface area (Å²) in [6, 6.07) is 0. The molecule has 0 spiro atoms. The molecule has 3 atom stereocenters. The van der Waals surface area contributed by atoms with Crippen LogP contribution in [0.15, 0.2) is 10.2 Å². The molecule has 0 nitrogen and oxygen atoms in total. The first-order valence-electron chi connectivity index (χ1n) is 7.11. The van der Waals surface area contributed by atoms with Crippen molar-refractivity contribution in [2.45, 2.75) is 58.0 Å². The second kappa shape index (κ2) is 6.53. The van der Waals surface area contributed by atoms with Crippen molar-refractivity contribution < 1.29 is 4.39 Å². The number of hydrogen-bond donors (Lipinski definition) is 0. The van der Waals surface area contributed by atoms with Gasteiger partial charge in [-0.15, -0.1) is 0 Å². The van der Waals surface area contributed by atoms with Gasteiger partial charge in [0.25, 0.3) is 0 Å². The Kier molecular flexibility index (Phi) is 5.31. The molecule has 2 aliphatic rings. The Morgan fingerprint density at radius 1 is 1.06 bits per heavy atom. The molecule has 0 aliphatic heterocycles. The first kappa shape index (κ1) is 13.8. The highest BCUT2D eigenvalue weighted by molar-refractivity contribution is 14.1. The number of halogens is 2. The van der Waals surface area contributed by atoms with E-state index in [4.69, 9.17) is 0 Å². The molecule has 0 aromatic heterocycles. The van der Waals surface area contributed by atoms with Gasteiger partial charge in [0, 0.05) is 0 Å². The standard InChI is InChI=1S/C15H24FI/c1-11-2-7-14(15(16)10-11)13-5-3-12(4-6-13)8-9-17/h8-9,11-15H,2-7,10H2,1H3/b9-8+. The van der Waals surface area contributed by atoms with Crippen LogP contribution in [0.25, 0.3) is 0 Å². The highest BCUT2D eigenvalue weighted by atomic mass is 127. The lowest BCUT2D eigenvalue weighted by molar-refractivity contribution is 0.0664. The summed E-state index contributed by atoms with van der Waals surface area (Å²) in [6.45, 7) is 2.20. The first-order valence-corrected chi connectivity index (χ1v) is 8.36. The fourth-order valence-electron chi connectivity index (χ4n) is 3.73. The SMILES string of the molecule is CC1CCC(C2CCC(/C=C/I)CC2)C(F)C1. The summed E-state index contributed by atoms with van der Waals surface area (Å²) in [5.41, 5.74) is 0. The van der Waals surface area contributed by atoms with E-state index in [1.807, 2.05) is 0 Å². The minimum atomic E-state index is -0.514. The normalized spacial score (nSPS) is 44.1. The lowest BCUT2D eigenvalue weighted by Gasteiger charge is -2.38. The van der Waals surface area contributed by atoms with E-state index in [1.54, 1.807) is 0 Å². The molecule has 0 aromatic rings. The Morgan fingerprint density at radius 2 is 1.76 bits per heavy atom. The van der Waals surface area contributed by atoms with E-state index < -0.39 is 6.17 Å². The van der Waals surface area contributed by atoms with Crippen molar-refractivity contribution in [3.8, 4) is 0 Å². The lowest BCUT2D eigenvalue weighted by Crippen LogP contribution is -2.33. The molecule has 17 heavy (non-hydrogen) atoms. The summed E-state index contributed by atoms with van der Waals surface area (Å²) < 4.78 is 16.3. The Balaban J connectivity index is 1.84. The van der Waals surface area contributed by atoms with Crippen molar-refractivity contribution in [1.29, 1.82) is 0 Å². The van der Waals surface area contributed by atoms with Crippen LogP contribution in [0.4, 0.5) is 4.39 Å². The second-order valence-electron chi connectivity index (χ2n) is 6.09. The van der Waals surface area contributed by atoms with Crippen LogP contribution >= 0.6 is 22.6 Å². The van der Waals surface area contributed by atoms with Gasteiger partial charge in [-0.1, -0.05) is 42.0 Å². The van der Waals surface area contributed by atoms with Crippen molar-refractivity contribution >= 4 is 22.6 Å².